The highest BCUT2D eigenvalue weighted by Gasteiger charge is 2.34. The van der Waals surface area contributed by atoms with Gasteiger partial charge in [-0.1, -0.05) is 17.4 Å². The molecule has 0 bridgehead atoms. The summed E-state index contributed by atoms with van der Waals surface area (Å²) in [5, 5.41) is 1.97. The van der Waals surface area contributed by atoms with Gasteiger partial charge >= 0.3 is 11.9 Å². The monoisotopic (exact) mass is 512 g/mol. The number of aryl methyl sites for hydroxylation is 1. The topological polar surface area (TPSA) is 96.2 Å². The lowest BCUT2D eigenvalue weighted by molar-refractivity contribution is -0.139. The predicted molar refractivity (Wildman–Crippen MR) is 134 cm³/mol. The molecule has 0 saturated heterocycles. The molecule has 10 heteroatoms. The number of ether oxygens (including phenoxy) is 3. The summed E-state index contributed by atoms with van der Waals surface area (Å²) in [4.78, 5) is 44.2. The molecule has 3 aromatic rings. The standard InChI is InChI=1S/C25H24N2O6S2/c1-6-32-24(30)21-14(3)26-25-27(23(29)20(35-25)12-19-13(2)9-10-34-19)22(21)16-7-8-17(33-15(4)28)18(11-16)31-5/h7-12,22H,6H2,1-5H3. The van der Waals surface area contributed by atoms with Gasteiger partial charge in [0, 0.05) is 11.8 Å². The molecular formula is C25H24N2O6S2. The molecule has 0 N–H and O–H groups in total. The second-order valence-electron chi connectivity index (χ2n) is 7.77. The quantitative estimate of drug-likeness (QED) is 0.372. The average Bonchev–Trinajstić information content (AvgIpc) is 3.35. The second kappa shape index (κ2) is 10.0. The zero-order valence-electron chi connectivity index (χ0n) is 19.9. The molecule has 1 atom stereocenters. The number of benzene rings is 1. The van der Waals surface area contributed by atoms with Gasteiger partial charge in [0.15, 0.2) is 16.3 Å². The van der Waals surface area contributed by atoms with Crippen LogP contribution in [-0.2, 0) is 14.3 Å². The molecule has 1 aromatic carbocycles. The number of rotatable bonds is 6. The normalized spacial score (nSPS) is 15.5. The molecule has 1 aliphatic heterocycles. The molecule has 1 unspecified atom stereocenters. The van der Waals surface area contributed by atoms with E-state index in [0.717, 1.165) is 10.4 Å². The van der Waals surface area contributed by atoms with Crippen LogP contribution in [0.2, 0.25) is 0 Å². The molecule has 35 heavy (non-hydrogen) atoms. The van der Waals surface area contributed by atoms with Crippen molar-refractivity contribution in [3.05, 3.63) is 76.6 Å². The first-order valence-electron chi connectivity index (χ1n) is 10.8. The molecule has 0 amide bonds. The van der Waals surface area contributed by atoms with E-state index < -0.39 is 18.0 Å². The molecule has 0 fully saturated rings. The van der Waals surface area contributed by atoms with E-state index in [2.05, 4.69) is 4.99 Å². The molecule has 2 aromatic heterocycles. The van der Waals surface area contributed by atoms with Crippen molar-refractivity contribution in [2.45, 2.75) is 33.7 Å². The van der Waals surface area contributed by atoms with Crippen LogP contribution in [0, 0.1) is 6.92 Å². The summed E-state index contributed by atoms with van der Waals surface area (Å²) in [6.45, 7) is 6.91. The lowest BCUT2D eigenvalue weighted by atomic mass is 9.95. The highest BCUT2D eigenvalue weighted by atomic mass is 32.1. The van der Waals surface area contributed by atoms with Crippen molar-refractivity contribution in [2.75, 3.05) is 13.7 Å². The summed E-state index contributed by atoms with van der Waals surface area (Å²) in [6, 6.07) is 6.14. The second-order valence-corrected chi connectivity index (χ2v) is 9.73. The number of hydrogen-bond donors (Lipinski definition) is 0. The van der Waals surface area contributed by atoms with Crippen LogP contribution < -0.4 is 24.4 Å². The van der Waals surface area contributed by atoms with Crippen LogP contribution in [0.15, 0.2) is 50.7 Å². The maximum atomic E-state index is 13.6. The molecule has 4 rings (SSSR count). The number of carbonyl (C=O) groups excluding carboxylic acids is 2. The molecule has 0 aliphatic carbocycles. The van der Waals surface area contributed by atoms with E-state index in [9.17, 15) is 14.4 Å². The molecule has 1 aliphatic rings. The number of aromatic nitrogens is 1. The third-order valence-electron chi connectivity index (χ3n) is 5.44. The van der Waals surface area contributed by atoms with Gasteiger partial charge in [-0.25, -0.2) is 9.79 Å². The fraction of sp³-hybridized carbons (Fsp3) is 0.280. The number of hydrogen-bond acceptors (Lipinski definition) is 9. The Kier molecular flexibility index (Phi) is 7.04. The van der Waals surface area contributed by atoms with Crippen LogP contribution in [0.1, 0.15) is 42.8 Å². The van der Waals surface area contributed by atoms with Crippen molar-refractivity contribution in [1.82, 2.24) is 4.57 Å². The lowest BCUT2D eigenvalue weighted by Crippen LogP contribution is -2.40. The Labute approximate surface area is 209 Å². The summed E-state index contributed by atoms with van der Waals surface area (Å²) in [6.07, 6.45) is 1.86. The Hall–Kier alpha value is -3.50. The van der Waals surface area contributed by atoms with E-state index >= 15 is 0 Å². The maximum Gasteiger partial charge on any atom is 0.338 e. The van der Waals surface area contributed by atoms with Crippen LogP contribution in [0.5, 0.6) is 11.5 Å². The first-order valence-corrected chi connectivity index (χ1v) is 12.5. The minimum absolute atomic E-state index is 0.180. The Balaban J connectivity index is 1.96. The Bertz CT molecular complexity index is 1530. The molecule has 0 saturated carbocycles. The third kappa shape index (κ3) is 4.71. The van der Waals surface area contributed by atoms with E-state index in [1.807, 2.05) is 24.4 Å². The van der Waals surface area contributed by atoms with Crippen molar-refractivity contribution < 1.29 is 23.8 Å². The number of methoxy groups -OCH3 is 1. The zero-order valence-corrected chi connectivity index (χ0v) is 21.5. The van der Waals surface area contributed by atoms with Gasteiger partial charge in [-0.05, 0) is 61.6 Å². The largest absolute Gasteiger partial charge is 0.493 e. The van der Waals surface area contributed by atoms with Gasteiger partial charge in [0.2, 0.25) is 0 Å². The minimum Gasteiger partial charge on any atom is -0.493 e. The van der Waals surface area contributed by atoms with Crippen molar-refractivity contribution in [1.29, 1.82) is 0 Å². The molecule has 8 nitrogen and oxygen atoms in total. The maximum absolute atomic E-state index is 13.6. The fourth-order valence-electron chi connectivity index (χ4n) is 3.85. The molecule has 182 valence electrons. The van der Waals surface area contributed by atoms with Crippen LogP contribution in [0.25, 0.3) is 6.08 Å². The molecule has 0 radical (unpaired) electrons. The van der Waals surface area contributed by atoms with E-state index in [1.165, 1.54) is 29.9 Å². The third-order valence-corrected chi connectivity index (χ3v) is 7.39. The van der Waals surface area contributed by atoms with Crippen molar-refractivity contribution in [2.24, 2.45) is 4.99 Å². The van der Waals surface area contributed by atoms with Gasteiger partial charge in [-0.2, -0.15) is 0 Å². The highest BCUT2D eigenvalue weighted by Crippen LogP contribution is 2.36. The van der Waals surface area contributed by atoms with E-state index in [0.29, 0.717) is 26.3 Å². The number of fused-ring (bicyclic) bond motifs is 1. The summed E-state index contributed by atoms with van der Waals surface area (Å²) in [5.41, 5.74) is 2.14. The minimum atomic E-state index is -0.794. The number of carbonyl (C=O) groups is 2. The van der Waals surface area contributed by atoms with Crippen molar-refractivity contribution in [3.8, 4) is 11.5 Å². The SMILES string of the molecule is CCOC(=O)C1=C(C)N=c2sc(=Cc3sccc3C)c(=O)n2C1c1ccc(OC(C)=O)c(OC)c1. The number of nitrogens with zero attached hydrogens (tertiary/aromatic N) is 2. The highest BCUT2D eigenvalue weighted by molar-refractivity contribution is 7.11. The Morgan fingerprint density at radius 3 is 2.60 bits per heavy atom. The van der Waals surface area contributed by atoms with Gasteiger partial charge in [-0.15, -0.1) is 11.3 Å². The summed E-state index contributed by atoms with van der Waals surface area (Å²) >= 11 is 2.82. The number of esters is 2. The van der Waals surface area contributed by atoms with Crippen LogP contribution in [-0.4, -0.2) is 30.2 Å². The van der Waals surface area contributed by atoms with E-state index in [1.54, 1.807) is 43.4 Å². The smallest absolute Gasteiger partial charge is 0.338 e. The average molecular weight is 513 g/mol. The first kappa shape index (κ1) is 24.6. The van der Waals surface area contributed by atoms with Crippen molar-refractivity contribution >= 4 is 40.7 Å². The van der Waals surface area contributed by atoms with Crippen LogP contribution >= 0.6 is 22.7 Å². The van der Waals surface area contributed by atoms with Crippen LogP contribution in [0.4, 0.5) is 0 Å². The fourth-order valence-corrected chi connectivity index (χ4v) is 5.81. The van der Waals surface area contributed by atoms with E-state index in [4.69, 9.17) is 14.2 Å². The Morgan fingerprint density at radius 2 is 1.97 bits per heavy atom. The van der Waals surface area contributed by atoms with Crippen molar-refractivity contribution in [3.63, 3.8) is 0 Å². The molecular weight excluding hydrogens is 488 g/mol. The number of thiophene rings is 1. The van der Waals surface area contributed by atoms with Gasteiger partial charge in [0.05, 0.1) is 35.6 Å². The van der Waals surface area contributed by atoms with Crippen LogP contribution in [0.3, 0.4) is 0 Å². The first-order chi connectivity index (χ1) is 16.7. The zero-order chi connectivity index (χ0) is 25.3. The van der Waals surface area contributed by atoms with Gasteiger partial charge in [0.25, 0.3) is 5.56 Å². The van der Waals surface area contributed by atoms with Gasteiger partial charge < -0.3 is 14.2 Å². The molecule has 3 heterocycles. The number of allylic oxidation sites excluding steroid dienone is 1. The molecule has 0 spiro atoms. The predicted octanol–water partition coefficient (Wildman–Crippen LogP) is 3.10. The summed E-state index contributed by atoms with van der Waals surface area (Å²) < 4.78 is 18.0. The summed E-state index contributed by atoms with van der Waals surface area (Å²) in [5.74, 6) is -0.504. The van der Waals surface area contributed by atoms with Gasteiger partial charge in [0.1, 0.15) is 0 Å². The Morgan fingerprint density at radius 1 is 1.20 bits per heavy atom. The summed E-state index contributed by atoms with van der Waals surface area (Å²) in [7, 11) is 1.45. The van der Waals surface area contributed by atoms with E-state index in [-0.39, 0.29) is 23.5 Å². The van der Waals surface area contributed by atoms with Gasteiger partial charge in [-0.3, -0.25) is 14.2 Å². The number of thiazole rings is 1. The lowest BCUT2D eigenvalue weighted by Gasteiger charge is -2.25.